The van der Waals surface area contributed by atoms with Crippen molar-refractivity contribution in [1.29, 1.82) is 0 Å². The van der Waals surface area contributed by atoms with Crippen LogP contribution in [0, 0.1) is 0 Å². The zero-order valence-corrected chi connectivity index (χ0v) is 13.2. The number of nitrogens with one attached hydrogen (secondary N) is 1. The predicted molar refractivity (Wildman–Crippen MR) is 84.4 cm³/mol. The summed E-state index contributed by atoms with van der Waals surface area (Å²) in [7, 11) is 0. The van der Waals surface area contributed by atoms with Crippen molar-refractivity contribution in [2.45, 2.75) is 46.1 Å². The lowest BCUT2D eigenvalue weighted by Gasteiger charge is -2.19. The van der Waals surface area contributed by atoms with Crippen molar-refractivity contribution >= 4 is 0 Å². The Bertz CT molecular complexity index is 337. The number of rotatable bonds is 11. The number of ether oxygens (including phenoxy) is 2. The largest absolute Gasteiger partial charge is 0.494 e. The van der Waals surface area contributed by atoms with E-state index in [2.05, 4.69) is 43.4 Å². The van der Waals surface area contributed by atoms with Crippen LogP contribution < -0.4 is 10.1 Å². The van der Waals surface area contributed by atoms with Crippen LogP contribution in [0.4, 0.5) is 0 Å². The van der Waals surface area contributed by atoms with Crippen LogP contribution in [0.2, 0.25) is 0 Å². The van der Waals surface area contributed by atoms with Gasteiger partial charge in [0.1, 0.15) is 5.75 Å². The topological polar surface area (TPSA) is 30.5 Å². The van der Waals surface area contributed by atoms with Gasteiger partial charge in [0, 0.05) is 19.3 Å². The van der Waals surface area contributed by atoms with Gasteiger partial charge >= 0.3 is 0 Å². The van der Waals surface area contributed by atoms with E-state index in [-0.39, 0.29) is 0 Å². The van der Waals surface area contributed by atoms with Crippen LogP contribution >= 0.6 is 0 Å². The van der Waals surface area contributed by atoms with E-state index in [0.29, 0.717) is 6.04 Å². The molecule has 1 rings (SSSR count). The maximum atomic E-state index is 5.62. The molecule has 1 aromatic carbocycles. The quantitative estimate of drug-likeness (QED) is 0.622. The van der Waals surface area contributed by atoms with Crippen molar-refractivity contribution in [2.75, 3.05) is 26.4 Å². The Hall–Kier alpha value is -1.06. The van der Waals surface area contributed by atoms with E-state index >= 15 is 0 Å². The molecule has 1 N–H and O–H groups in total. The van der Waals surface area contributed by atoms with Gasteiger partial charge in [-0.3, -0.25) is 0 Å². The molecule has 0 aliphatic heterocycles. The third-order valence-electron chi connectivity index (χ3n) is 3.15. The minimum Gasteiger partial charge on any atom is -0.494 e. The first kappa shape index (κ1) is 17.0. The van der Waals surface area contributed by atoms with E-state index in [9.17, 15) is 0 Å². The third-order valence-corrected chi connectivity index (χ3v) is 3.15. The minimum absolute atomic E-state index is 0.363. The number of hydrogen-bond donors (Lipinski definition) is 1. The van der Waals surface area contributed by atoms with Crippen LogP contribution in [0.15, 0.2) is 24.3 Å². The second-order valence-electron chi connectivity index (χ2n) is 4.91. The van der Waals surface area contributed by atoms with Gasteiger partial charge in [0.2, 0.25) is 0 Å². The van der Waals surface area contributed by atoms with Gasteiger partial charge in [0.25, 0.3) is 0 Å². The lowest BCUT2D eigenvalue weighted by molar-refractivity contribution is 0.136. The highest BCUT2D eigenvalue weighted by Crippen LogP contribution is 2.20. The van der Waals surface area contributed by atoms with Crippen LogP contribution in [-0.2, 0) is 4.74 Å². The molecule has 0 spiro atoms. The van der Waals surface area contributed by atoms with Gasteiger partial charge in [-0.1, -0.05) is 26.0 Å². The van der Waals surface area contributed by atoms with Gasteiger partial charge in [0.05, 0.1) is 6.61 Å². The molecule has 1 atom stereocenters. The summed E-state index contributed by atoms with van der Waals surface area (Å²) in [5.74, 6) is 0.953. The Balaban J connectivity index is 2.58. The lowest BCUT2D eigenvalue weighted by atomic mass is 10.0. The molecule has 0 radical (unpaired) electrons. The zero-order valence-electron chi connectivity index (χ0n) is 13.2. The molecule has 0 saturated carbocycles. The fourth-order valence-corrected chi connectivity index (χ4v) is 2.07. The molecule has 1 unspecified atom stereocenters. The van der Waals surface area contributed by atoms with Crippen molar-refractivity contribution in [3.8, 4) is 5.75 Å². The van der Waals surface area contributed by atoms with Gasteiger partial charge in [-0.05, 0) is 50.4 Å². The lowest BCUT2D eigenvalue weighted by Crippen LogP contribution is -2.23. The van der Waals surface area contributed by atoms with Crippen LogP contribution in [-0.4, -0.2) is 26.4 Å². The third kappa shape index (κ3) is 6.40. The highest BCUT2D eigenvalue weighted by Gasteiger charge is 2.10. The summed E-state index contributed by atoms with van der Waals surface area (Å²) in [5, 5.41) is 3.59. The molecule has 0 aliphatic carbocycles. The second kappa shape index (κ2) is 10.7. The van der Waals surface area contributed by atoms with E-state index in [1.165, 1.54) is 5.56 Å². The highest BCUT2D eigenvalue weighted by molar-refractivity contribution is 5.29. The van der Waals surface area contributed by atoms with Gasteiger partial charge in [-0.25, -0.2) is 0 Å². The maximum Gasteiger partial charge on any atom is 0.119 e. The summed E-state index contributed by atoms with van der Waals surface area (Å²) in [6.45, 7) is 9.73. The summed E-state index contributed by atoms with van der Waals surface area (Å²) < 4.78 is 11.1. The molecule has 0 saturated heterocycles. The van der Waals surface area contributed by atoms with Crippen LogP contribution in [0.3, 0.4) is 0 Å². The summed E-state index contributed by atoms with van der Waals surface area (Å²) in [6.07, 6.45) is 3.18. The molecule has 20 heavy (non-hydrogen) atoms. The Morgan fingerprint density at radius 3 is 2.35 bits per heavy atom. The molecule has 0 heterocycles. The maximum absolute atomic E-state index is 5.62. The van der Waals surface area contributed by atoms with Crippen molar-refractivity contribution in [2.24, 2.45) is 0 Å². The molecule has 0 fully saturated rings. The van der Waals surface area contributed by atoms with E-state index in [0.717, 1.165) is 51.4 Å². The normalized spacial score (nSPS) is 12.3. The SMILES string of the molecule is CCCNC(CCOCC)c1ccc(OCCC)cc1. The number of hydrogen-bond acceptors (Lipinski definition) is 3. The summed E-state index contributed by atoms with van der Waals surface area (Å²) in [6, 6.07) is 8.80. The monoisotopic (exact) mass is 279 g/mol. The van der Waals surface area contributed by atoms with Gasteiger partial charge in [-0.2, -0.15) is 0 Å². The Kier molecular flexibility index (Phi) is 9.09. The molecule has 3 nitrogen and oxygen atoms in total. The summed E-state index contributed by atoms with van der Waals surface area (Å²) in [5.41, 5.74) is 1.31. The number of benzene rings is 1. The molecule has 0 aromatic heterocycles. The fraction of sp³-hybridized carbons (Fsp3) is 0.647. The highest BCUT2D eigenvalue weighted by atomic mass is 16.5. The molecule has 0 aliphatic rings. The molecule has 0 bridgehead atoms. The van der Waals surface area contributed by atoms with E-state index < -0.39 is 0 Å². The second-order valence-corrected chi connectivity index (χ2v) is 4.91. The molecule has 1 aromatic rings. The van der Waals surface area contributed by atoms with Crippen LogP contribution in [0.25, 0.3) is 0 Å². The molecule has 0 amide bonds. The molecular weight excluding hydrogens is 250 g/mol. The van der Waals surface area contributed by atoms with Crippen molar-refractivity contribution in [3.63, 3.8) is 0 Å². The van der Waals surface area contributed by atoms with Crippen molar-refractivity contribution in [1.82, 2.24) is 5.32 Å². The van der Waals surface area contributed by atoms with E-state index in [1.807, 2.05) is 6.92 Å². The van der Waals surface area contributed by atoms with Crippen molar-refractivity contribution < 1.29 is 9.47 Å². The van der Waals surface area contributed by atoms with Crippen LogP contribution in [0.5, 0.6) is 5.75 Å². The van der Waals surface area contributed by atoms with Crippen molar-refractivity contribution in [3.05, 3.63) is 29.8 Å². The smallest absolute Gasteiger partial charge is 0.119 e. The average molecular weight is 279 g/mol. The molecule has 3 heteroatoms. The Labute approximate surface area is 123 Å². The summed E-state index contributed by atoms with van der Waals surface area (Å²) >= 11 is 0. The molecular formula is C17H29NO2. The molecule has 114 valence electrons. The van der Waals surface area contributed by atoms with Crippen LogP contribution in [0.1, 0.15) is 51.6 Å². The van der Waals surface area contributed by atoms with Gasteiger partial charge in [-0.15, -0.1) is 0 Å². The first-order valence-corrected chi connectivity index (χ1v) is 7.85. The van der Waals surface area contributed by atoms with E-state index in [4.69, 9.17) is 9.47 Å². The standard InChI is InChI=1S/C17H29NO2/c1-4-12-18-17(11-14-19-6-3)15-7-9-16(10-8-15)20-13-5-2/h7-10,17-18H,4-6,11-14H2,1-3H3. The van der Waals surface area contributed by atoms with Gasteiger partial charge < -0.3 is 14.8 Å². The minimum atomic E-state index is 0.363. The predicted octanol–water partition coefficient (Wildman–Crippen LogP) is 3.94. The van der Waals surface area contributed by atoms with E-state index in [1.54, 1.807) is 0 Å². The first-order chi connectivity index (χ1) is 9.81. The Morgan fingerprint density at radius 2 is 1.75 bits per heavy atom. The summed E-state index contributed by atoms with van der Waals surface area (Å²) in [4.78, 5) is 0. The Morgan fingerprint density at radius 1 is 1.00 bits per heavy atom. The first-order valence-electron chi connectivity index (χ1n) is 7.85. The van der Waals surface area contributed by atoms with Gasteiger partial charge in [0.15, 0.2) is 0 Å². The zero-order chi connectivity index (χ0) is 14.6. The average Bonchev–Trinajstić information content (AvgIpc) is 2.49. The fourth-order valence-electron chi connectivity index (χ4n) is 2.07.